The molecule has 1 aliphatic rings. The summed E-state index contributed by atoms with van der Waals surface area (Å²) in [6.45, 7) is 4.58. The van der Waals surface area contributed by atoms with Crippen molar-refractivity contribution in [2.24, 2.45) is 4.99 Å². The van der Waals surface area contributed by atoms with E-state index in [1.54, 1.807) is 4.90 Å². The molecule has 1 fully saturated rings. The van der Waals surface area contributed by atoms with E-state index in [2.05, 4.69) is 4.99 Å². The number of carbonyl (C=O) groups excluding carboxylic acids is 2. The first-order valence-electron chi connectivity index (χ1n) is 9.97. The molecule has 6 nitrogen and oxygen atoms in total. The summed E-state index contributed by atoms with van der Waals surface area (Å²) in [5.74, 6) is -0.860. The van der Waals surface area contributed by atoms with Gasteiger partial charge in [-0.2, -0.15) is 4.99 Å². The lowest BCUT2D eigenvalue weighted by molar-refractivity contribution is 0.0302. The molecule has 0 aliphatic carbocycles. The van der Waals surface area contributed by atoms with Gasteiger partial charge in [0.15, 0.2) is 4.80 Å². The molecule has 0 radical (unpaired) electrons. The fraction of sp³-hybridized carbons (Fsp3) is 0.261. The number of nitrogens with zero attached hydrogens (tertiary/aromatic N) is 3. The molecule has 1 saturated heterocycles. The Labute approximate surface area is 183 Å². The minimum atomic E-state index is -0.437. The monoisotopic (exact) mass is 439 g/mol. The molecule has 0 unspecified atom stereocenters. The van der Waals surface area contributed by atoms with Crippen LogP contribution in [-0.2, 0) is 11.3 Å². The number of hydrogen-bond acceptors (Lipinski definition) is 4. The Morgan fingerprint density at radius 2 is 1.81 bits per heavy atom. The van der Waals surface area contributed by atoms with E-state index in [0.29, 0.717) is 48.8 Å². The summed E-state index contributed by atoms with van der Waals surface area (Å²) in [7, 11) is 0. The molecule has 4 rings (SSSR count). The van der Waals surface area contributed by atoms with Crippen molar-refractivity contribution in [3.63, 3.8) is 0 Å². The first kappa shape index (κ1) is 21.1. The number of halogens is 1. The van der Waals surface area contributed by atoms with Gasteiger partial charge in [-0.3, -0.25) is 9.59 Å². The SMILES string of the molecule is Cc1csc(=NC(=O)c2ccc(F)cc2)n1Cc1ccccc1C(=O)N1CCOCC1. The Morgan fingerprint density at radius 3 is 2.55 bits per heavy atom. The highest BCUT2D eigenvalue weighted by atomic mass is 32.1. The number of hydrogen-bond donors (Lipinski definition) is 0. The number of aromatic nitrogens is 1. The first-order valence-corrected chi connectivity index (χ1v) is 10.9. The van der Waals surface area contributed by atoms with Crippen LogP contribution in [0, 0.1) is 12.7 Å². The molecule has 1 aliphatic heterocycles. The fourth-order valence-corrected chi connectivity index (χ4v) is 4.29. The van der Waals surface area contributed by atoms with Crippen LogP contribution in [0.25, 0.3) is 0 Å². The van der Waals surface area contributed by atoms with Gasteiger partial charge in [0.1, 0.15) is 5.82 Å². The molecule has 0 bridgehead atoms. The van der Waals surface area contributed by atoms with Gasteiger partial charge in [-0.1, -0.05) is 18.2 Å². The third-order valence-corrected chi connectivity index (χ3v) is 6.14. The topological polar surface area (TPSA) is 63.9 Å². The number of ether oxygens (including phenoxy) is 1. The van der Waals surface area contributed by atoms with Crippen molar-refractivity contribution >= 4 is 23.2 Å². The van der Waals surface area contributed by atoms with Crippen LogP contribution in [0.4, 0.5) is 4.39 Å². The lowest BCUT2D eigenvalue weighted by atomic mass is 10.1. The van der Waals surface area contributed by atoms with Gasteiger partial charge in [0.05, 0.1) is 19.8 Å². The van der Waals surface area contributed by atoms with Crippen LogP contribution in [0.3, 0.4) is 0 Å². The molecule has 31 heavy (non-hydrogen) atoms. The maximum absolute atomic E-state index is 13.1. The lowest BCUT2D eigenvalue weighted by Gasteiger charge is -2.27. The quantitative estimate of drug-likeness (QED) is 0.627. The van der Waals surface area contributed by atoms with Gasteiger partial charge < -0.3 is 14.2 Å². The summed E-state index contributed by atoms with van der Waals surface area (Å²) < 4.78 is 20.4. The normalized spacial score (nSPS) is 14.6. The number of thiazole rings is 1. The third kappa shape index (κ3) is 4.81. The average Bonchev–Trinajstić information content (AvgIpc) is 3.13. The minimum Gasteiger partial charge on any atom is -0.378 e. The minimum absolute atomic E-state index is 0.0201. The summed E-state index contributed by atoms with van der Waals surface area (Å²) in [6.07, 6.45) is 0. The predicted molar refractivity (Wildman–Crippen MR) is 116 cm³/mol. The first-order chi connectivity index (χ1) is 15.0. The van der Waals surface area contributed by atoms with Gasteiger partial charge in [0, 0.05) is 35.3 Å². The Bertz CT molecular complexity index is 1160. The molecular weight excluding hydrogens is 417 g/mol. The fourth-order valence-electron chi connectivity index (χ4n) is 3.41. The van der Waals surface area contributed by atoms with Crippen molar-refractivity contribution in [2.75, 3.05) is 26.3 Å². The van der Waals surface area contributed by atoms with E-state index in [1.165, 1.54) is 35.6 Å². The number of rotatable bonds is 4. The molecule has 0 N–H and O–H groups in total. The van der Waals surface area contributed by atoms with Crippen molar-refractivity contribution in [3.05, 3.63) is 86.9 Å². The van der Waals surface area contributed by atoms with Crippen LogP contribution in [-0.4, -0.2) is 47.6 Å². The number of morpholine rings is 1. The van der Waals surface area contributed by atoms with E-state index in [4.69, 9.17) is 4.74 Å². The summed E-state index contributed by atoms with van der Waals surface area (Å²) in [4.78, 5) is 32.2. The maximum atomic E-state index is 13.1. The highest BCUT2D eigenvalue weighted by Gasteiger charge is 2.21. The maximum Gasteiger partial charge on any atom is 0.279 e. The second-order valence-electron chi connectivity index (χ2n) is 7.23. The molecule has 2 amide bonds. The standard InChI is InChI=1S/C23H22FN3O3S/c1-16-15-31-23(25-21(28)17-6-8-19(24)9-7-17)27(16)14-18-4-2-3-5-20(18)22(29)26-10-12-30-13-11-26/h2-9,15H,10-14H2,1H3. The van der Waals surface area contributed by atoms with Crippen LogP contribution in [0.5, 0.6) is 0 Å². The highest BCUT2D eigenvalue weighted by molar-refractivity contribution is 7.07. The number of amides is 2. The molecule has 8 heteroatoms. The summed E-state index contributed by atoms with van der Waals surface area (Å²) in [6, 6.07) is 12.8. The van der Waals surface area contributed by atoms with E-state index in [0.717, 1.165) is 11.3 Å². The second kappa shape index (κ2) is 9.36. The van der Waals surface area contributed by atoms with Gasteiger partial charge in [-0.05, 0) is 42.8 Å². The highest BCUT2D eigenvalue weighted by Crippen LogP contribution is 2.16. The van der Waals surface area contributed by atoms with Gasteiger partial charge >= 0.3 is 0 Å². The number of aryl methyl sites for hydroxylation is 1. The molecule has 0 spiro atoms. The molecule has 2 heterocycles. The van der Waals surface area contributed by atoms with Crippen molar-refractivity contribution in [2.45, 2.75) is 13.5 Å². The lowest BCUT2D eigenvalue weighted by Crippen LogP contribution is -2.41. The van der Waals surface area contributed by atoms with Gasteiger partial charge in [0.2, 0.25) is 0 Å². The van der Waals surface area contributed by atoms with E-state index >= 15 is 0 Å². The zero-order valence-corrected chi connectivity index (χ0v) is 17.9. The average molecular weight is 440 g/mol. The van der Waals surface area contributed by atoms with Crippen molar-refractivity contribution in [1.29, 1.82) is 0 Å². The predicted octanol–water partition coefficient (Wildman–Crippen LogP) is 3.26. The number of benzene rings is 2. The molecule has 160 valence electrons. The van der Waals surface area contributed by atoms with Crippen LogP contribution in [0.2, 0.25) is 0 Å². The molecule has 0 saturated carbocycles. The van der Waals surface area contributed by atoms with Crippen molar-refractivity contribution < 1.29 is 18.7 Å². The third-order valence-electron chi connectivity index (χ3n) is 5.15. The smallest absolute Gasteiger partial charge is 0.279 e. The van der Waals surface area contributed by atoms with Crippen LogP contribution >= 0.6 is 11.3 Å². The molecule has 1 aromatic heterocycles. The molecule has 2 aromatic carbocycles. The van der Waals surface area contributed by atoms with Gasteiger partial charge in [0.25, 0.3) is 11.8 Å². The summed E-state index contributed by atoms with van der Waals surface area (Å²) in [5, 5.41) is 1.92. The van der Waals surface area contributed by atoms with Gasteiger partial charge in [-0.15, -0.1) is 11.3 Å². The largest absolute Gasteiger partial charge is 0.378 e. The van der Waals surface area contributed by atoms with E-state index < -0.39 is 11.7 Å². The number of carbonyl (C=O) groups is 2. The molecule has 0 atom stereocenters. The summed E-state index contributed by atoms with van der Waals surface area (Å²) in [5.41, 5.74) is 2.75. The van der Waals surface area contributed by atoms with Crippen molar-refractivity contribution in [3.8, 4) is 0 Å². The molecule has 3 aromatic rings. The Morgan fingerprint density at radius 1 is 1.10 bits per heavy atom. The van der Waals surface area contributed by atoms with Crippen LogP contribution in [0.15, 0.2) is 58.9 Å². The van der Waals surface area contributed by atoms with E-state index in [1.807, 2.05) is 41.1 Å². The Kier molecular flexibility index (Phi) is 6.39. The van der Waals surface area contributed by atoms with Crippen molar-refractivity contribution in [1.82, 2.24) is 9.47 Å². The Hall–Kier alpha value is -3.10. The second-order valence-corrected chi connectivity index (χ2v) is 8.07. The van der Waals surface area contributed by atoms with Gasteiger partial charge in [-0.25, -0.2) is 4.39 Å². The van der Waals surface area contributed by atoms with Crippen LogP contribution < -0.4 is 4.80 Å². The summed E-state index contributed by atoms with van der Waals surface area (Å²) >= 11 is 1.35. The van der Waals surface area contributed by atoms with E-state index in [9.17, 15) is 14.0 Å². The Balaban J connectivity index is 1.64. The van der Waals surface area contributed by atoms with E-state index in [-0.39, 0.29) is 5.91 Å². The zero-order chi connectivity index (χ0) is 21.8. The zero-order valence-electron chi connectivity index (χ0n) is 17.1. The van der Waals surface area contributed by atoms with Crippen LogP contribution in [0.1, 0.15) is 32.0 Å². The molecular formula is C23H22FN3O3S.